The van der Waals surface area contributed by atoms with E-state index in [0.29, 0.717) is 25.2 Å². The third kappa shape index (κ3) is 10.9. The van der Waals surface area contributed by atoms with Gasteiger partial charge in [-0.3, -0.25) is 4.90 Å². The number of methoxy groups -OCH3 is 1. The Morgan fingerprint density at radius 3 is 2.15 bits per heavy atom. The lowest BCUT2D eigenvalue weighted by Gasteiger charge is -2.30. The Morgan fingerprint density at radius 2 is 1.63 bits per heavy atom. The number of aliphatic imine (C=N–C) groups is 1. The zero-order chi connectivity index (χ0) is 19.4. The molecular formula is C21H39IN4O. The van der Waals surface area contributed by atoms with Crippen molar-refractivity contribution in [1.29, 1.82) is 0 Å². The summed E-state index contributed by atoms with van der Waals surface area (Å²) in [5.41, 5.74) is 2.39. The minimum atomic E-state index is 0. The van der Waals surface area contributed by atoms with Crippen LogP contribution in [0.15, 0.2) is 29.3 Å². The number of halogens is 1. The van der Waals surface area contributed by atoms with Gasteiger partial charge in [-0.25, -0.2) is 4.99 Å². The molecule has 0 aliphatic carbocycles. The summed E-state index contributed by atoms with van der Waals surface area (Å²) in [4.78, 5) is 7.22. The second kappa shape index (κ2) is 15.1. The van der Waals surface area contributed by atoms with E-state index in [2.05, 4.69) is 74.4 Å². The summed E-state index contributed by atoms with van der Waals surface area (Å²) in [5, 5.41) is 6.77. The lowest BCUT2D eigenvalue weighted by Crippen LogP contribution is -2.41. The molecular weight excluding hydrogens is 451 g/mol. The van der Waals surface area contributed by atoms with E-state index in [0.717, 1.165) is 32.0 Å². The maximum absolute atomic E-state index is 5.15. The first kappa shape index (κ1) is 26.1. The Bertz CT molecular complexity index is 509. The average Bonchev–Trinajstić information content (AvgIpc) is 2.60. The number of ether oxygens (including phenoxy) is 1. The summed E-state index contributed by atoms with van der Waals surface area (Å²) in [6.07, 6.45) is 1.10. The van der Waals surface area contributed by atoms with Gasteiger partial charge in [0.25, 0.3) is 0 Å². The van der Waals surface area contributed by atoms with Crippen LogP contribution in [0.3, 0.4) is 0 Å². The normalized spacial score (nSPS) is 11.8. The van der Waals surface area contributed by atoms with E-state index in [1.54, 1.807) is 7.11 Å². The molecule has 0 amide bonds. The lowest BCUT2D eigenvalue weighted by molar-refractivity contribution is 0.173. The van der Waals surface area contributed by atoms with Crippen molar-refractivity contribution in [2.24, 2.45) is 4.99 Å². The Labute approximate surface area is 183 Å². The zero-order valence-electron chi connectivity index (χ0n) is 17.9. The molecule has 0 aliphatic heterocycles. The number of hydrogen-bond acceptors (Lipinski definition) is 3. The van der Waals surface area contributed by atoms with Crippen LogP contribution in [0.2, 0.25) is 0 Å². The summed E-state index contributed by atoms with van der Waals surface area (Å²) in [7, 11) is 1.72. The zero-order valence-corrected chi connectivity index (χ0v) is 20.2. The molecule has 0 spiro atoms. The first-order chi connectivity index (χ1) is 12.5. The highest BCUT2D eigenvalue weighted by Gasteiger charge is 2.12. The molecule has 0 saturated carbocycles. The van der Waals surface area contributed by atoms with Crippen LogP contribution in [-0.2, 0) is 17.9 Å². The molecule has 2 N–H and O–H groups in total. The van der Waals surface area contributed by atoms with Crippen molar-refractivity contribution < 1.29 is 4.74 Å². The van der Waals surface area contributed by atoms with Gasteiger partial charge in [0.2, 0.25) is 0 Å². The fraction of sp³-hybridized carbons (Fsp3) is 0.667. The molecule has 0 unspecified atom stereocenters. The van der Waals surface area contributed by atoms with Gasteiger partial charge in [0, 0.05) is 38.8 Å². The van der Waals surface area contributed by atoms with Gasteiger partial charge in [0.15, 0.2) is 5.96 Å². The highest BCUT2D eigenvalue weighted by Crippen LogP contribution is 2.07. The number of benzene rings is 1. The van der Waals surface area contributed by atoms with Crippen molar-refractivity contribution >= 4 is 29.9 Å². The summed E-state index contributed by atoms with van der Waals surface area (Å²) in [6, 6.07) is 9.59. The topological polar surface area (TPSA) is 48.9 Å². The van der Waals surface area contributed by atoms with Crippen LogP contribution < -0.4 is 10.6 Å². The van der Waals surface area contributed by atoms with Gasteiger partial charge in [0.1, 0.15) is 0 Å². The predicted octanol–water partition coefficient (Wildman–Crippen LogP) is 4.02. The van der Waals surface area contributed by atoms with Crippen LogP contribution in [0.1, 0.15) is 52.2 Å². The van der Waals surface area contributed by atoms with E-state index in [4.69, 9.17) is 9.73 Å². The van der Waals surface area contributed by atoms with Gasteiger partial charge in [0.05, 0.1) is 13.2 Å². The molecule has 0 saturated heterocycles. The number of rotatable bonds is 11. The standard InChI is InChI=1S/C21H38N4O.HI/c1-7-22-21(23-13-8-14-25(17(2)3)18(4)5)24-15-19-9-11-20(12-10-19)16-26-6;/h9-12,17-18H,7-8,13-16H2,1-6H3,(H2,22,23,24);1H. The number of nitrogens with one attached hydrogen (secondary N) is 2. The summed E-state index contributed by atoms with van der Waals surface area (Å²) < 4.78 is 5.15. The molecule has 5 nitrogen and oxygen atoms in total. The van der Waals surface area contributed by atoms with E-state index in [1.165, 1.54) is 11.1 Å². The minimum Gasteiger partial charge on any atom is -0.380 e. The fourth-order valence-corrected chi connectivity index (χ4v) is 3.00. The largest absolute Gasteiger partial charge is 0.380 e. The molecule has 0 bridgehead atoms. The molecule has 0 aliphatic rings. The van der Waals surface area contributed by atoms with Crippen LogP contribution in [0.4, 0.5) is 0 Å². The Kier molecular flexibility index (Phi) is 14.6. The van der Waals surface area contributed by atoms with E-state index in [9.17, 15) is 0 Å². The van der Waals surface area contributed by atoms with Crippen molar-refractivity contribution in [2.45, 2.75) is 66.3 Å². The lowest BCUT2D eigenvalue weighted by atomic mass is 10.1. The molecule has 0 radical (unpaired) electrons. The van der Waals surface area contributed by atoms with Gasteiger partial charge in [-0.2, -0.15) is 0 Å². The first-order valence-corrected chi connectivity index (χ1v) is 9.82. The van der Waals surface area contributed by atoms with Crippen molar-refractivity contribution in [3.8, 4) is 0 Å². The van der Waals surface area contributed by atoms with Crippen LogP contribution in [0.25, 0.3) is 0 Å². The Hall–Kier alpha value is -0.860. The van der Waals surface area contributed by atoms with Crippen LogP contribution in [0.5, 0.6) is 0 Å². The predicted molar refractivity (Wildman–Crippen MR) is 127 cm³/mol. The van der Waals surface area contributed by atoms with Crippen molar-refractivity contribution in [3.05, 3.63) is 35.4 Å². The summed E-state index contributed by atoms with van der Waals surface area (Å²) in [5.74, 6) is 0.883. The minimum absolute atomic E-state index is 0. The quantitative estimate of drug-likeness (QED) is 0.213. The molecule has 1 rings (SSSR count). The first-order valence-electron chi connectivity index (χ1n) is 9.82. The molecule has 0 fully saturated rings. The number of hydrogen-bond donors (Lipinski definition) is 2. The van der Waals surface area contributed by atoms with Gasteiger partial charge >= 0.3 is 0 Å². The molecule has 1 aromatic rings. The molecule has 0 heterocycles. The van der Waals surface area contributed by atoms with E-state index in [-0.39, 0.29) is 24.0 Å². The van der Waals surface area contributed by atoms with E-state index < -0.39 is 0 Å². The molecule has 0 atom stereocenters. The van der Waals surface area contributed by atoms with Crippen LogP contribution in [-0.4, -0.2) is 49.7 Å². The summed E-state index contributed by atoms with van der Waals surface area (Å²) in [6.45, 7) is 15.3. The van der Waals surface area contributed by atoms with Crippen LogP contribution >= 0.6 is 24.0 Å². The van der Waals surface area contributed by atoms with Crippen molar-refractivity contribution in [3.63, 3.8) is 0 Å². The third-order valence-corrected chi connectivity index (χ3v) is 4.31. The second-order valence-electron chi connectivity index (χ2n) is 7.15. The van der Waals surface area contributed by atoms with Gasteiger partial charge in [-0.15, -0.1) is 24.0 Å². The fourth-order valence-electron chi connectivity index (χ4n) is 3.00. The van der Waals surface area contributed by atoms with Gasteiger partial charge in [-0.05, 0) is 52.2 Å². The van der Waals surface area contributed by atoms with Gasteiger partial charge in [-0.1, -0.05) is 24.3 Å². The second-order valence-corrected chi connectivity index (χ2v) is 7.15. The monoisotopic (exact) mass is 490 g/mol. The molecule has 0 aromatic heterocycles. The van der Waals surface area contributed by atoms with Crippen LogP contribution in [0, 0.1) is 0 Å². The molecule has 27 heavy (non-hydrogen) atoms. The maximum atomic E-state index is 5.15. The Balaban J connectivity index is 0.00000676. The van der Waals surface area contributed by atoms with E-state index >= 15 is 0 Å². The maximum Gasteiger partial charge on any atom is 0.191 e. The SMILES string of the molecule is CCNC(=NCc1ccc(COC)cc1)NCCCN(C(C)C)C(C)C.I. The Morgan fingerprint density at radius 1 is 1.04 bits per heavy atom. The summed E-state index contributed by atoms with van der Waals surface area (Å²) >= 11 is 0. The smallest absolute Gasteiger partial charge is 0.191 e. The third-order valence-electron chi connectivity index (χ3n) is 4.31. The van der Waals surface area contributed by atoms with E-state index in [1.807, 2.05) is 0 Å². The average molecular weight is 490 g/mol. The number of guanidine groups is 1. The van der Waals surface area contributed by atoms with Crippen molar-refractivity contribution in [1.82, 2.24) is 15.5 Å². The highest BCUT2D eigenvalue weighted by molar-refractivity contribution is 14.0. The molecule has 156 valence electrons. The van der Waals surface area contributed by atoms with Crippen molar-refractivity contribution in [2.75, 3.05) is 26.7 Å². The molecule has 6 heteroatoms. The number of nitrogens with zero attached hydrogens (tertiary/aromatic N) is 2. The van der Waals surface area contributed by atoms with Gasteiger partial charge < -0.3 is 15.4 Å². The molecule has 1 aromatic carbocycles. The highest BCUT2D eigenvalue weighted by atomic mass is 127.